The van der Waals surface area contributed by atoms with Crippen LogP contribution in [0.1, 0.15) is 24.5 Å². The molecule has 3 rings (SSSR count). The molecule has 3 nitrogen and oxygen atoms in total. The van der Waals surface area contributed by atoms with Gasteiger partial charge in [0.1, 0.15) is 0 Å². The van der Waals surface area contributed by atoms with Crippen LogP contribution >= 0.6 is 11.3 Å². The van der Waals surface area contributed by atoms with Crippen molar-refractivity contribution in [3.63, 3.8) is 0 Å². The number of nitrogens with zero attached hydrogens (tertiary/aromatic N) is 2. The van der Waals surface area contributed by atoms with Gasteiger partial charge in [-0.25, -0.2) is 0 Å². The molecule has 23 heavy (non-hydrogen) atoms. The third-order valence-corrected chi connectivity index (χ3v) is 5.03. The minimum Gasteiger partial charge on any atom is -0.318 e. The van der Waals surface area contributed by atoms with E-state index in [4.69, 9.17) is 0 Å². The molecule has 3 aromatic rings. The van der Waals surface area contributed by atoms with Gasteiger partial charge in [-0.05, 0) is 49.6 Å². The zero-order valence-electron chi connectivity index (χ0n) is 13.7. The van der Waals surface area contributed by atoms with Crippen LogP contribution in [0.2, 0.25) is 0 Å². The van der Waals surface area contributed by atoms with E-state index in [2.05, 4.69) is 41.9 Å². The number of aryl methyl sites for hydroxylation is 2. The molecule has 0 fully saturated rings. The van der Waals surface area contributed by atoms with Crippen LogP contribution in [0.15, 0.2) is 47.3 Å². The Morgan fingerprint density at radius 1 is 1.13 bits per heavy atom. The van der Waals surface area contributed by atoms with Crippen LogP contribution in [0, 0.1) is 13.8 Å². The fraction of sp³-hybridized carbons (Fsp3) is 0.263. The Morgan fingerprint density at radius 3 is 2.57 bits per heavy atom. The second kappa shape index (κ2) is 6.50. The fourth-order valence-corrected chi connectivity index (χ4v) is 3.89. The van der Waals surface area contributed by atoms with Crippen molar-refractivity contribution < 1.29 is 0 Å². The normalized spacial score (nSPS) is 10.9. The molecular formula is C19H20N2OS. The van der Waals surface area contributed by atoms with Crippen LogP contribution in [-0.2, 0) is 0 Å². The monoisotopic (exact) mass is 324 g/mol. The van der Waals surface area contributed by atoms with Gasteiger partial charge in [-0.15, -0.1) is 0 Å². The molecule has 0 N–H and O–H groups in total. The van der Waals surface area contributed by atoms with Gasteiger partial charge in [-0.2, -0.15) is 4.98 Å². The molecule has 0 atom stereocenters. The van der Waals surface area contributed by atoms with Crippen LogP contribution in [0.5, 0.6) is 0 Å². The Bertz CT molecular complexity index is 887. The zero-order chi connectivity index (χ0) is 16.4. The van der Waals surface area contributed by atoms with E-state index >= 15 is 0 Å². The van der Waals surface area contributed by atoms with Gasteiger partial charge < -0.3 is 4.90 Å². The lowest BCUT2D eigenvalue weighted by Gasteiger charge is -2.22. The number of para-hydroxylation sites is 1. The van der Waals surface area contributed by atoms with E-state index in [1.54, 1.807) is 11.3 Å². The molecule has 0 radical (unpaired) electrons. The molecule has 0 unspecified atom stereocenters. The number of rotatable bonds is 4. The highest BCUT2D eigenvalue weighted by molar-refractivity contribution is 7.22. The summed E-state index contributed by atoms with van der Waals surface area (Å²) in [7, 11) is 0. The van der Waals surface area contributed by atoms with Crippen molar-refractivity contribution >= 4 is 32.2 Å². The number of hydrogen-bond acceptors (Lipinski definition) is 4. The highest BCUT2D eigenvalue weighted by Gasteiger charge is 2.14. The quantitative estimate of drug-likeness (QED) is 0.690. The summed E-state index contributed by atoms with van der Waals surface area (Å²) in [5.74, 6) is 0. The molecule has 1 heterocycles. The van der Waals surface area contributed by atoms with Crippen molar-refractivity contribution in [2.45, 2.75) is 27.2 Å². The van der Waals surface area contributed by atoms with Crippen molar-refractivity contribution in [2.75, 3.05) is 11.4 Å². The SMILES string of the molecule is CCCN(c1ccccc1)c1nc(=O)c2cc(C)cc(C)c2s1. The Morgan fingerprint density at radius 2 is 1.87 bits per heavy atom. The highest BCUT2D eigenvalue weighted by atomic mass is 32.1. The zero-order valence-corrected chi connectivity index (χ0v) is 14.5. The lowest BCUT2D eigenvalue weighted by atomic mass is 10.1. The van der Waals surface area contributed by atoms with Crippen LogP contribution in [-0.4, -0.2) is 11.5 Å². The lowest BCUT2D eigenvalue weighted by Crippen LogP contribution is -2.21. The summed E-state index contributed by atoms with van der Waals surface area (Å²) < 4.78 is 1.03. The topological polar surface area (TPSA) is 33.2 Å². The number of benzene rings is 2. The summed E-state index contributed by atoms with van der Waals surface area (Å²) in [5.41, 5.74) is 3.16. The average Bonchev–Trinajstić information content (AvgIpc) is 2.54. The number of anilines is 2. The molecule has 118 valence electrons. The Hall–Kier alpha value is -2.20. The molecule has 0 aliphatic rings. The predicted molar refractivity (Wildman–Crippen MR) is 99.1 cm³/mol. The van der Waals surface area contributed by atoms with Crippen LogP contribution in [0.25, 0.3) is 10.1 Å². The van der Waals surface area contributed by atoms with E-state index in [0.29, 0.717) is 0 Å². The van der Waals surface area contributed by atoms with Crippen molar-refractivity contribution in [1.82, 2.24) is 4.98 Å². The summed E-state index contributed by atoms with van der Waals surface area (Å²) in [4.78, 5) is 19.0. The van der Waals surface area contributed by atoms with Gasteiger partial charge in [0.15, 0.2) is 5.13 Å². The fourth-order valence-electron chi connectivity index (χ4n) is 2.79. The van der Waals surface area contributed by atoms with Crippen LogP contribution in [0.4, 0.5) is 10.8 Å². The van der Waals surface area contributed by atoms with Gasteiger partial charge in [0, 0.05) is 16.9 Å². The summed E-state index contributed by atoms with van der Waals surface area (Å²) >= 11 is 1.59. The lowest BCUT2D eigenvalue weighted by molar-refractivity contribution is 0.878. The van der Waals surface area contributed by atoms with E-state index in [0.717, 1.165) is 45.0 Å². The average molecular weight is 324 g/mol. The smallest absolute Gasteiger partial charge is 0.281 e. The maximum atomic E-state index is 12.5. The van der Waals surface area contributed by atoms with Gasteiger partial charge >= 0.3 is 0 Å². The van der Waals surface area contributed by atoms with E-state index < -0.39 is 0 Å². The molecule has 0 bridgehead atoms. The first-order valence-electron chi connectivity index (χ1n) is 7.85. The maximum absolute atomic E-state index is 12.5. The van der Waals surface area contributed by atoms with E-state index in [-0.39, 0.29) is 5.56 Å². The second-order valence-electron chi connectivity index (χ2n) is 5.75. The molecular weight excluding hydrogens is 304 g/mol. The first-order chi connectivity index (χ1) is 11.1. The number of aromatic nitrogens is 1. The largest absolute Gasteiger partial charge is 0.318 e. The summed E-state index contributed by atoms with van der Waals surface area (Å²) in [6.07, 6.45) is 0.988. The highest BCUT2D eigenvalue weighted by Crippen LogP contribution is 2.31. The Labute approximate surface area is 140 Å². The third-order valence-electron chi connectivity index (χ3n) is 3.79. The van der Waals surface area contributed by atoms with Crippen molar-refractivity contribution in [3.05, 3.63) is 63.9 Å². The maximum Gasteiger partial charge on any atom is 0.281 e. The van der Waals surface area contributed by atoms with Gasteiger partial charge in [0.2, 0.25) is 0 Å². The Balaban J connectivity index is 2.20. The third kappa shape index (κ3) is 3.13. The first-order valence-corrected chi connectivity index (χ1v) is 8.66. The standard InChI is InChI=1S/C19H20N2OS/c1-4-10-21(15-8-6-5-7-9-15)19-20-18(22)16-12-13(2)11-14(3)17(16)23-19/h5-9,11-12H,4,10H2,1-3H3. The predicted octanol–water partition coefficient (Wildman–Crippen LogP) is 4.82. The Kier molecular flexibility index (Phi) is 4.44. The first kappa shape index (κ1) is 15.7. The van der Waals surface area contributed by atoms with Gasteiger partial charge in [-0.1, -0.05) is 42.5 Å². The molecule has 4 heteroatoms. The van der Waals surface area contributed by atoms with E-state index in [1.807, 2.05) is 31.2 Å². The minimum atomic E-state index is -0.141. The molecule has 0 saturated carbocycles. The van der Waals surface area contributed by atoms with Gasteiger partial charge in [0.25, 0.3) is 5.56 Å². The molecule has 2 aromatic carbocycles. The molecule has 0 aliphatic heterocycles. The number of hydrogen-bond donors (Lipinski definition) is 0. The molecule has 0 spiro atoms. The minimum absolute atomic E-state index is 0.141. The van der Waals surface area contributed by atoms with Crippen molar-refractivity contribution in [3.8, 4) is 0 Å². The summed E-state index contributed by atoms with van der Waals surface area (Å²) in [5, 5.41) is 1.49. The summed E-state index contributed by atoms with van der Waals surface area (Å²) in [6, 6.07) is 14.2. The molecule has 0 saturated heterocycles. The molecule has 0 amide bonds. The van der Waals surface area contributed by atoms with Crippen molar-refractivity contribution in [1.29, 1.82) is 0 Å². The van der Waals surface area contributed by atoms with Crippen LogP contribution < -0.4 is 10.5 Å². The van der Waals surface area contributed by atoms with Gasteiger partial charge in [-0.3, -0.25) is 4.79 Å². The van der Waals surface area contributed by atoms with Gasteiger partial charge in [0.05, 0.1) is 5.39 Å². The molecule has 1 aromatic heterocycles. The summed E-state index contributed by atoms with van der Waals surface area (Å²) in [6.45, 7) is 7.04. The van der Waals surface area contributed by atoms with Crippen molar-refractivity contribution in [2.24, 2.45) is 0 Å². The van der Waals surface area contributed by atoms with E-state index in [9.17, 15) is 4.79 Å². The second-order valence-corrected chi connectivity index (χ2v) is 6.72. The van der Waals surface area contributed by atoms with Crippen LogP contribution in [0.3, 0.4) is 0 Å². The number of fused-ring (bicyclic) bond motifs is 1. The molecule has 0 aliphatic carbocycles. The van der Waals surface area contributed by atoms with E-state index in [1.165, 1.54) is 0 Å².